The summed E-state index contributed by atoms with van der Waals surface area (Å²) < 4.78 is 12.7. The van der Waals surface area contributed by atoms with Crippen LogP contribution in [0.1, 0.15) is 37.6 Å². The van der Waals surface area contributed by atoms with E-state index >= 15 is 0 Å². The zero-order valence-electron chi connectivity index (χ0n) is 16.6. The number of aromatic nitrogens is 5. The van der Waals surface area contributed by atoms with Crippen molar-refractivity contribution in [3.05, 3.63) is 24.4 Å². The molecule has 160 valence electrons. The predicted molar refractivity (Wildman–Crippen MR) is 107 cm³/mol. The molecule has 1 aliphatic heterocycles. The highest BCUT2D eigenvalue weighted by atomic mass is 16.6. The van der Waals surface area contributed by atoms with Crippen LogP contribution in [0.2, 0.25) is 0 Å². The second-order valence-corrected chi connectivity index (χ2v) is 7.93. The number of rotatable bonds is 6. The van der Waals surface area contributed by atoms with Gasteiger partial charge in [0, 0.05) is 18.7 Å². The maximum absolute atomic E-state index is 10.6. The maximum Gasteiger partial charge on any atom is 0.224 e. The van der Waals surface area contributed by atoms with Crippen LogP contribution in [0.15, 0.2) is 23.2 Å². The van der Waals surface area contributed by atoms with E-state index in [-0.39, 0.29) is 6.54 Å². The highest BCUT2D eigenvalue weighted by molar-refractivity contribution is 5.82. The topological polar surface area (TPSA) is 143 Å². The van der Waals surface area contributed by atoms with Gasteiger partial charge in [0.2, 0.25) is 5.88 Å². The van der Waals surface area contributed by atoms with Gasteiger partial charge in [0.15, 0.2) is 23.2 Å². The molecule has 0 radical (unpaired) electrons. The van der Waals surface area contributed by atoms with E-state index in [1.807, 2.05) is 6.92 Å². The molecule has 1 saturated carbocycles. The molecule has 4 heterocycles. The molecule has 1 saturated heterocycles. The van der Waals surface area contributed by atoms with Gasteiger partial charge in [0.1, 0.15) is 24.6 Å². The van der Waals surface area contributed by atoms with Crippen molar-refractivity contribution in [2.75, 3.05) is 17.2 Å². The first kappa shape index (κ1) is 19.2. The number of fused-ring (bicyclic) bond motifs is 1. The first-order valence-corrected chi connectivity index (χ1v) is 10.2. The van der Waals surface area contributed by atoms with Crippen molar-refractivity contribution in [3.63, 3.8) is 0 Å². The smallest absolute Gasteiger partial charge is 0.224 e. The lowest BCUT2D eigenvalue weighted by molar-refractivity contribution is -0.0313. The molecule has 30 heavy (non-hydrogen) atoms. The number of imidazole rings is 1. The molecule has 11 heteroatoms. The van der Waals surface area contributed by atoms with Crippen molar-refractivity contribution in [2.24, 2.45) is 0 Å². The Morgan fingerprint density at radius 1 is 1.17 bits per heavy atom. The van der Waals surface area contributed by atoms with E-state index in [0.717, 1.165) is 18.5 Å². The number of ether oxygens (including phenoxy) is 1. The van der Waals surface area contributed by atoms with Gasteiger partial charge in [-0.2, -0.15) is 0 Å². The van der Waals surface area contributed by atoms with Crippen LogP contribution in [0.3, 0.4) is 0 Å². The summed E-state index contributed by atoms with van der Waals surface area (Å²) in [7, 11) is 0. The molecule has 11 nitrogen and oxygen atoms in total. The number of nitrogens with zero attached hydrogens (tertiary/aromatic N) is 5. The number of aryl methyl sites for hydroxylation is 1. The van der Waals surface area contributed by atoms with E-state index in [4.69, 9.17) is 9.26 Å². The minimum atomic E-state index is -1.13. The van der Waals surface area contributed by atoms with Crippen LogP contribution < -0.4 is 10.6 Å². The van der Waals surface area contributed by atoms with Crippen LogP contribution in [0, 0.1) is 6.92 Å². The van der Waals surface area contributed by atoms with Crippen LogP contribution >= 0.6 is 0 Å². The highest BCUT2D eigenvalue weighted by Crippen LogP contribution is 2.33. The van der Waals surface area contributed by atoms with Crippen LogP contribution in [-0.2, 0) is 4.74 Å². The van der Waals surface area contributed by atoms with Crippen molar-refractivity contribution in [1.82, 2.24) is 24.7 Å². The molecule has 4 unspecified atom stereocenters. The normalized spacial score (nSPS) is 27.2. The summed E-state index contributed by atoms with van der Waals surface area (Å²) in [4.78, 5) is 13.1. The van der Waals surface area contributed by atoms with Crippen molar-refractivity contribution < 1.29 is 19.5 Å². The van der Waals surface area contributed by atoms with Gasteiger partial charge in [-0.15, -0.1) is 0 Å². The van der Waals surface area contributed by atoms with Crippen LogP contribution in [-0.4, -0.2) is 65.8 Å². The fourth-order valence-electron chi connectivity index (χ4n) is 4.18. The number of aliphatic hydroxyl groups is 2. The number of anilines is 2. The summed E-state index contributed by atoms with van der Waals surface area (Å²) in [5.41, 5.74) is 1.91. The summed E-state index contributed by atoms with van der Waals surface area (Å²) in [5.74, 6) is 1.15. The van der Waals surface area contributed by atoms with E-state index < -0.39 is 24.5 Å². The van der Waals surface area contributed by atoms with Crippen LogP contribution in [0.5, 0.6) is 0 Å². The molecular formula is C19H25N7O4. The summed E-state index contributed by atoms with van der Waals surface area (Å²) in [6.45, 7) is 2.07. The Kier molecular flexibility index (Phi) is 5.01. The first-order valence-electron chi connectivity index (χ1n) is 10.2. The highest BCUT2D eigenvalue weighted by Gasteiger charge is 2.44. The molecule has 4 atom stereocenters. The van der Waals surface area contributed by atoms with Crippen molar-refractivity contribution >= 4 is 22.9 Å². The second kappa shape index (κ2) is 7.82. The minimum Gasteiger partial charge on any atom is -0.387 e. The Bertz CT molecular complexity index is 1020. The molecule has 1 aliphatic carbocycles. The molecule has 0 bridgehead atoms. The number of aliphatic hydroxyl groups excluding tert-OH is 2. The van der Waals surface area contributed by atoms with E-state index in [1.54, 1.807) is 17.0 Å². The first-order chi connectivity index (χ1) is 14.6. The molecule has 2 aliphatic rings. The zero-order valence-corrected chi connectivity index (χ0v) is 16.6. The van der Waals surface area contributed by atoms with Gasteiger partial charge >= 0.3 is 0 Å². The lowest BCUT2D eigenvalue weighted by atomic mass is 10.1. The fraction of sp³-hybridized carbons (Fsp3) is 0.579. The third kappa shape index (κ3) is 3.48. The third-order valence-electron chi connectivity index (χ3n) is 5.77. The van der Waals surface area contributed by atoms with E-state index in [0.29, 0.717) is 28.9 Å². The van der Waals surface area contributed by atoms with Crippen LogP contribution in [0.4, 0.5) is 11.7 Å². The largest absolute Gasteiger partial charge is 0.387 e. The number of nitrogens with one attached hydrogen (secondary N) is 2. The van der Waals surface area contributed by atoms with Crippen LogP contribution in [0.25, 0.3) is 11.2 Å². The molecule has 0 amide bonds. The Morgan fingerprint density at radius 2 is 2.00 bits per heavy atom. The Labute approximate surface area is 172 Å². The van der Waals surface area contributed by atoms with Gasteiger partial charge in [0.05, 0.1) is 12.0 Å². The standard InChI is InChI=1S/C19H25N7O4/c1-10-6-13(30-25-10)20-7-12-15(27)16(28)19(29-12)26-9-23-14-17(21-8-22-18(14)26)24-11-4-2-3-5-11/h6,8-9,11-12,15-16,19-20,27-28H,2-5,7H2,1H3,(H,21,22,24). The minimum absolute atomic E-state index is 0.249. The van der Waals surface area contributed by atoms with Gasteiger partial charge in [-0.25, -0.2) is 15.0 Å². The summed E-state index contributed by atoms with van der Waals surface area (Å²) in [6.07, 6.45) is 4.01. The lowest BCUT2D eigenvalue weighted by Crippen LogP contribution is -2.35. The van der Waals surface area contributed by atoms with Crippen molar-refractivity contribution in [1.29, 1.82) is 0 Å². The summed E-state index contributed by atoms with van der Waals surface area (Å²) in [6, 6.07) is 2.13. The van der Waals surface area contributed by atoms with E-state index in [9.17, 15) is 10.2 Å². The number of hydrogen-bond acceptors (Lipinski definition) is 10. The summed E-state index contributed by atoms with van der Waals surface area (Å²) >= 11 is 0. The molecular weight excluding hydrogens is 390 g/mol. The van der Waals surface area contributed by atoms with Crippen molar-refractivity contribution in [3.8, 4) is 0 Å². The van der Waals surface area contributed by atoms with E-state index in [2.05, 4.69) is 30.7 Å². The van der Waals surface area contributed by atoms with Gasteiger partial charge in [-0.3, -0.25) is 4.57 Å². The quantitative estimate of drug-likeness (QED) is 0.464. The van der Waals surface area contributed by atoms with Gasteiger partial charge < -0.3 is 30.1 Å². The van der Waals surface area contributed by atoms with Gasteiger partial charge in [0.25, 0.3) is 0 Å². The monoisotopic (exact) mass is 415 g/mol. The molecule has 0 spiro atoms. The van der Waals surface area contributed by atoms with E-state index in [1.165, 1.54) is 19.2 Å². The molecule has 5 rings (SSSR count). The maximum atomic E-state index is 10.6. The molecule has 2 fully saturated rings. The van der Waals surface area contributed by atoms with Gasteiger partial charge in [-0.1, -0.05) is 18.0 Å². The Balaban J connectivity index is 1.34. The third-order valence-corrected chi connectivity index (χ3v) is 5.77. The molecule has 4 N–H and O–H groups in total. The molecule has 3 aromatic rings. The second-order valence-electron chi connectivity index (χ2n) is 7.93. The Morgan fingerprint density at radius 3 is 2.77 bits per heavy atom. The predicted octanol–water partition coefficient (Wildman–Crippen LogP) is 1.21. The summed E-state index contributed by atoms with van der Waals surface area (Å²) in [5, 5.41) is 31.4. The average Bonchev–Trinajstić information content (AvgIpc) is 3.52. The van der Waals surface area contributed by atoms with Crippen molar-refractivity contribution in [2.45, 2.75) is 63.2 Å². The average molecular weight is 415 g/mol. The van der Waals surface area contributed by atoms with Gasteiger partial charge in [-0.05, 0) is 19.8 Å². The zero-order chi connectivity index (χ0) is 20.7. The number of hydrogen-bond donors (Lipinski definition) is 4. The lowest BCUT2D eigenvalue weighted by Gasteiger charge is -2.17. The molecule has 3 aromatic heterocycles. The molecule has 0 aromatic carbocycles. The SMILES string of the molecule is Cc1cc(NCC2OC(n3cnc4c(NC5CCCC5)ncnc43)C(O)C2O)on1. The Hall–Kier alpha value is -2.76. The fourth-order valence-corrected chi connectivity index (χ4v) is 4.18.